The SMILES string of the molecule is CCc1nccn1CCCn1cnc2cn(C)nc2c1=O. The smallest absolute Gasteiger partial charge is 0.281 e. The highest BCUT2D eigenvalue weighted by molar-refractivity contribution is 5.71. The fourth-order valence-corrected chi connectivity index (χ4v) is 2.47. The molecular formula is C14H18N6O. The second kappa shape index (κ2) is 5.51. The number of hydrogen-bond donors (Lipinski definition) is 0. The van der Waals surface area contributed by atoms with Crippen LogP contribution in [0.15, 0.2) is 29.7 Å². The van der Waals surface area contributed by atoms with Crippen LogP contribution in [0, 0.1) is 0 Å². The number of rotatable bonds is 5. The average molecular weight is 286 g/mol. The molecule has 0 bridgehead atoms. The molecule has 0 amide bonds. The van der Waals surface area contributed by atoms with Gasteiger partial charge in [-0.25, -0.2) is 9.97 Å². The minimum absolute atomic E-state index is 0.0815. The van der Waals surface area contributed by atoms with E-state index in [1.54, 1.807) is 28.8 Å². The Hall–Kier alpha value is -2.44. The highest BCUT2D eigenvalue weighted by Gasteiger charge is 2.07. The van der Waals surface area contributed by atoms with Gasteiger partial charge in [-0.3, -0.25) is 14.0 Å². The number of imidazole rings is 1. The quantitative estimate of drug-likeness (QED) is 0.701. The molecule has 0 saturated heterocycles. The van der Waals surface area contributed by atoms with Crippen LogP contribution in [-0.4, -0.2) is 28.9 Å². The van der Waals surface area contributed by atoms with Crippen LogP contribution in [0.2, 0.25) is 0 Å². The topological polar surface area (TPSA) is 70.5 Å². The maximum atomic E-state index is 12.3. The predicted molar refractivity (Wildman–Crippen MR) is 79.0 cm³/mol. The number of fused-ring (bicyclic) bond motifs is 1. The van der Waals surface area contributed by atoms with Crippen LogP contribution in [0.5, 0.6) is 0 Å². The van der Waals surface area contributed by atoms with Gasteiger partial charge in [0.25, 0.3) is 5.56 Å². The maximum Gasteiger partial charge on any atom is 0.281 e. The predicted octanol–water partition coefficient (Wildman–Crippen LogP) is 0.979. The van der Waals surface area contributed by atoms with Crippen molar-refractivity contribution in [3.8, 4) is 0 Å². The Bertz CT molecular complexity index is 812. The molecule has 3 aromatic heterocycles. The molecule has 0 aliphatic carbocycles. The van der Waals surface area contributed by atoms with Crippen molar-refractivity contribution in [3.63, 3.8) is 0 Å². The van der Waals surface area contributed by atoms with E-state index >= 15 is 0 Å². The van der Waals surface area contributed by atoms with E-state index in [-0.39, 0.29) is 5.56 Å². The fraction of sp³-hybridized carbons (Fsp3) is 0.429. The zero-order valence-corrected chi connectivity index (χ0v) is 12.2. The molecule has 0 radical (unpaired) electrons. The van der Waals surface area contributed by atoms with Crippen LogP contribution in [0.25, 0.3) is 11.0 Å². The lowest BCUT2D eigenvalue weighted by Crippen LogP contribution is -2.21. The van der Waals surface area contributed by atoms with Gasteiger partial charge in [0, 0.05) is 39.0 Å². The Balaban J connectivity index is 1.73. The summed E-state index contributed by atoms with van der Waals surface area (Å²) in [5.41, 5.74) is 0.987. The zero-order valence-electron chi connectivity index (χ0n) is 12.2. The van der Waals surface area contributed by atoms with Crippen LogP contribution in [0.3, 0.4) is 0 Å². The summed E-state index contributed by atoms with van der Waals surface area (Å²) in [5, 5.41) is 4.16. The maximum absolute atomic E-state index is 12.3. The molecule has 3 aromatic rings. The van der Waals surface area contributed by atoms with E-state index in [0.29, 0.717) is 17.6 Å². The minimum atomic E-state index is -0.0815. The van der Waals surface area contributed by atoms with Gasteiger partial charge < -0.3 is 4.57 Å². The van der Waals surface area contributed by atoms with E-state index in [4.69, 9.17) is 0 Å². The van der Waals surface area contributed by atoms with E-state index in [0.717, 1.165) is 25.2 Å². The van der Waals surface area contributed by atoms with Gasteiger partial charge in [-0.15, -0.1) is 0 Å². The van der Waals surface area contributed by atoms with Gasteiger partial charge in [0.2, 0.25) is 0 Å². The number of aryl methyl sites for hydroxylation is 4. The van der Waals surface area contributed by atoms with Gasteiger partial charge in [-0.05, 0) is 6.42 Å². The highest BCUT2D eigenvalue weighted by atomic mass is 16.1. The summed E-state index contributed by atoms with van der Waals surface area (Å²) >= 11 is 0. The summed E-state index contributed by atoms with van der Waals surface area (Å²) in [7, 11) is 1.79. The number of hydrogen-bond acceptors (Lipinski definition) is 4. The summed E-state index contributed by atoms with van der Waals surface area (Å²) in [6, 6.07) is 0. The zero-order chi connectivity index (χ0) is 14.8. The summed E-state index contributed by atoms with van der Waals surface area (Å²) in [5.74, 6) is 1.07. The molecule has 0 aliphatic rings. The first-order valence-electron chi connectivity index (χ1n) is 7.08. The summed E-state index contributed by atoms with van der Waals surface area (Å²) in [6.07, 6.45) is 8.90. The van der Waals surface area contributed by atoms with Crippen LogP contribution in [-0.2, 0) is 26.6 Å². The van der Waals surface area contributed by atoms with E-state index in [1.165, 1.54) is 0 Å². The molecule has 3 rings (SSSR count). The lowest BCUT2D eigenvalue weighted by molar-refractivity contribution is 0.538. The molecule has 7 nitrogen and oxygen atoms in total. The van der Waals surface area contributed by atoms with Gasteiger partial charge >= 0.3 is 0 Å². The molecule has 0 saturated carbocycles. The Morgan fingerprint density at radius 1 is 1.19 bits per heavy atom. The molecule has 0 N–H and O–H groups in total. The van der Waals surface area contributed by atoms with Crippen molar-refractivity contribution >= 4 is 11.0 Å². The van der Waals surface area contributed by atoms with Crippen molar-refractivity contribution in [1.82, 2.24) is 28.9 Å². The Labute approximate surface area is 121 Å². The first-order chi connectivity index (χ1) is 10.2. The first-order valence-corrected chi connectivity index (χ1v) is 7.08. The second-order valence-corrected chi connectivity index (χ2v) is 5.02. The van der Waals surface area contributed by atoms with Crippen molar-refractivity contribution < 1.29 is 0 Å². The normalized spacial score (nSPS) is 11.3. The van der Waals surface area contributed by atoms with Crippen molar-refractivity contribution in [2.24, 2.45) is 7.05 Å². The van der Waals surface area contributed by atoms with Gasteiger partial charge in [0.05, 0.1) is 12.5 Å². The van der Waals surface area contributed by atoms with E-state index in [1.807, 2.05) is 12.4 Å². The van der Waals surface area contributed by atoms with E-state index in [2.05, 4.69) is 26.6 Å². The van der Waals surface area contributed by atoms with Crippen molar-refractivity contribution in [3.05, 3.63) is 41.1 Å². The van der Waals surface area contributed by atoms with Gasteiger partial charge in [-0.1, -0.05) is 6.92 Å². The first kappa shape index (κ1) is 13.5. The molecule has 7 heteroatoms. The molecule has 3 heterocycles. The van der Waals surface area contributed by atoms with Gasteiger partial charge in [0.15, 0.2) is 5.52 Å². The van der Waals surface area contributed by atoms with Crippen LogP contribution in [0.1, 0.15) is 19.2 Å². The third kappa shape index (κ3) is 2.58. The lowest BCUT2D eigenvalue weighted by Gasteiger charge is -2.07. The molecule has 0 fully saturated rings. The standard InChI is InChI=1S/C14H18N6O/c1-3-12-15-5-8-19(12)6-4-7-20-10-16-11-9-18(2)17-13(11)14(20)21/h5,8-10H,3-4,6-7H2,1-2H3. The molecule has 110 valence electrons. The van der Waals surface area contributed by atoms with Crippen molar-refractivity contribution in [2.75, 3.05) is 0 Å². The fourth-order valence-electron chi connectivity index (χ4n) is 2.47. The lowest BCUT2D eigenvalue weighted by atomic mass is 10.3. The number of aromatic nitrogens is 6. The summed E-state index contributed by atoms with van der Waals surface area (Å²) in [6.45, 7) is 3.55. The van der Waals surface area contributed by atoms with E-state index < -0.39 is 0 Å². The van der Waals surface area contributed by atoms with E-state index in [9.17, 15) is 4.79 Å². The van der Waals surface area contributed by atoms with Crippen LogP contribution in [0.4, 0.5) is 0 Å². The van der Waals surface area contributed by atoms with Gasteiger partial charge in [-0.2, -0.15) is 5.10 Å². The van der Waals surface area contributed by atoms with Crippen molar-refractivity contribution in [1.29, 1.82) is 0 Å². The van der Waals surface area contributed by atoms with Crippen LogP contribution >= 0.6 is 0 Å². The Kier molecular flexibility index (Phi) is 3.55. The third-order valence-electron chi connectivity index (χ3n) is 3.53. The van der Waals surface area contributed by atoms with Crippen LogP contribution < -0.4 is 5.56 Å². The third-order valence-corrected chi connectivity index (χ3v) is 3.53. The average Bonchev–Trinajstić information content (AvgIpc) is 3.07. The molecule has 21 heavy (non-hydrogen) atoms. The summed E-state index contributed by atoms with van der Waals surface area (Å²) < 4.78 is 5.36. The van der Waals surface area contributed by atoms with Crippen molar-refractivity contribution in [2.45, 2.75) is 32.9 Å². The molecule has 0 atom stereocenters. The Morgan fingerprint density at radius 2 is 2.00 bits per heavy atom. The van der Waals surface area contributed by atoms with Gasteiger partial charge in [0.1, 0.15) is 11.3 Å². The molecule has 0 aliphatic heterocycles. The second-order valence-electron chi connectivity index (χ2n) is 5.02. The molecule has 0 aromatic carbocycles. The largest absolute Gasteiger partial charge is 0.335 e. The highest BCUT2D eigenvalue weighted by Crippen LogP contribution is 2.04. The summed E-state index contributed by atoms with van der Waals surface area (Å²) in [4.78, 5) is 20.8. The molecule has 0 unspecified atom stereocenters. The minimum Gasteiger partial charge on any atom is -0.335 e. The monoisotopic (exact) mass is 286 g/mol. The molecule has 0 spiro atoms. The number of nitrogens with zero attached hydrogens (tertiary/aromatic N) is 6. The molecular weight excluding hydrogens is 268 g/mol. The Morgan fingerprint density at radius 3 is 2.81 bits per heavy atom.